The molecule has 6 aromatic carbocycles. The summed E-state index contributed by atoms with van der Waals surface area (Å²) in [5.74, 6) is -2.39. The van der Waals surface area contributed by atoms with E-state index >= 15 is 0 Å². The fraction of sp³-hybridized carbons (Fsp3) is 0.268. The molecule has 0 spiro atoms. The first-order valence-corrected chi connectivity index (χ1v) is 23.1. The van der Waals surface area contributed by atoms with E-state index in [0.717, 1.165) is 63.7 Å². The molecule has 7 aromatic rings. The van der Waals surface area contributed by atoms with Crippen molar-refractivity contribution in [2.45, 2.75) is 102 Å². The lowest BCUT2D eigenvalue weighted by atomic mass is 10.1. The summed E-state index contributed by atoms with van der Waals surface area (Å²) in [6, 6.07) is 41.7. The SMILES string of the molecule is CC(C)(F)F.Cc1c(Cl)cccc1Cl.Cc1c(Cl)cncc1Cl.Cc1cccc(C)c1C.Cc1cccc(F)c1C.Cc1ccccc1.Cc1ccccc1Cl.Cc1ccccc1OC(C)(F)F. The Labute approximate surface area is 427 Å². The molecule has 0 radical (unpaired) electrons. The van der Waals surface area contributed by atoms with Crippen LogP contribution < -0.4 is 4.74 Å². The van der Waals surface area contributed by atoms with Gasteiger partial charge in [0.2, 0.25) is 5.92 Å². The number of hydrogen-bond donors (Lipinski definition) is 0. The smallest absolute Gasteiger partial charge is 0.394 e. The van der Waals surface area contributed by atoms with Gasteiger partial charge in [0.05, 0.1) is 10.0 Å². The summed E-state index contributed by atoms with van der Waals surface area (Å²) in [5.41, 5.74) is 10.9. The molecule has 0 aliphatic carbocycles. The van der Waals surface area contributed by atoms with Gasteiger partial charge in [-0.3, -0.25) is 4.98 Å². The van der Waals surface area contributed by atoms with Gasteiger partial charge in [0.1, 0.15) is 11.6 Å². The van der Waals surface area contributed by atoms with Crippen molar-refractivity contribution in [1.82, 2.24) is 4.98 Å². The number of halogens is 10. The number of aryl methyl sites for hydroxylation is 6. The Morgan fingerprint density at radius 2 is 0.735 bits per heavy atom. The van der Waals surface area contributed by atoms with Gasteiger partial charge in [0.15, 0.2) is 0 Å². The Kier molecular flexibility index (Phi) is 30.8. The predicted octanol–water partition coefficient (Wildman–Crippen LogP) is 20.3. The maximum absolute atomic E-state index is 12.6. The number of benzene rings is 6. The predicted molar refractivity (Wildman–Crippen MR) is 283 cm³/mol. The summed E-state index contributed by atoms with van der Waals surface area (Å²) in [7, 11) is 0. The molecule has 0 saturated carbocycles. The second kappa shape index (κ2) is 33.0. The van der Waals surface area contributed by atoms with Crippen molar-refractivity contribution >= 4 is 58.0 Å². The maximum atomic E-state index is 12.6. The Morgan fingerprint density at radius 3 is 1.06 bits per heavy atom. The fourth-order valence-electron chi connectivity index (χ4n) is 4.62. The van der Waals surface area contributed by atoms with Crippen LogP contribution in [0, 0.1) is 75.1 Å². The molecule has 7 rings (SSSR count). The second-order valence-electron chi connectivity index (χ2n) is 15.7. The largest absolute Gasteiger partial charge is 0.433 e. The highest BCUT2D eigenvalue weighted by Crippen LogP contribution is 2.24. The average molecular weight is 1040 g/mol. The summed E-state index contributed by atoms with van der Waals surface area (Å²) < 4.78 is 63.8. The summed E-state index contributed by atoms with van der Waals surface area (Å²) >= 11 is 28.5. The van der Waals surface area contributed by atoms with Crippen LogP contribution in [-0.2, 0) is 0 Å². The van der Waals surface area contributed by atoms with Crippen LogP contribution in [0.2, 0.25) is 25.1 Å². The van der Waals surface area contributed by atoms with E-state index in [1.54, 1.807) is 50.5 Å². The molecule has 0 bridgehead atoms. The van der Waals surface area contributed by atoms with E-state index in [-0.39, 0.29) is 11.6 Å². The normalized spacial score (nSPS) is 9.99. The van der Waals surface area contributed by atoms with Crippen molar-refractivity contribution in [2.75, 3.05) is 0 Å². The van der Waals surface area contributed by atoms with Gasteiger partial charge in [-0.2, -0.15) is 8.78 Å². The van der Waals surface area contributed by atoms with Crippen molar-refractivity contribution in [2.24, 2.45) is 0 Å². The van der Waals surface area contributed by atoms with E-state index in [1.807, 2.05) is 94.4 Å². The number of nitrogens with zero attached hydrogens (tertiary/aromatic N) is 1. The lowest BCUT2D eigenvalue weighted by Crippen LogP contribution is -2.19. The van der Waals surface area contributed by atoms with Gasteiger partial charge in [-0.25, -0.2) is 13.2 Å². The highest BCUT2D eigenvalue weighted by molar-refractivity contribution is 6.36. The molecule has 0 N–H and O–H groups in total. The van der Waals surface area contributed by atoms with Gasteiger partial charge in [0.25, 0.3) is 0 Å². The van der Waals surface area contributed by atoms with Crippen molar-refractivity contribution < 1.29 is 26.7 Å². The minimum absolute atomic E-state index is 0.116. The average Bonchev–Trinajstić information content (AvgIpc) is 3.25. The van der Waals surface area contributed by atoms with E-state index in [1.165, 1.54) is 34.4 Å². The maximum Gasteiger partial charge on any atom is 0.394 e. The highest BCUT2D eigenvalue weighted by atomic mass is 35.5. The first kappa shape index (κ1) is 63.4. The lowest BCUT2D eigenvalue weighted by Gasteiger charge is -2.14. The van der Waals surface area contributed by atoms with E-state index < -0.39 is 12.0 Å². The molecule has 0 aliphatic rings. The number of aromatic nitrogens is 1. The zero-order chi connectivity index (χ0) is 52.2. The minimum Gasteiger partial charge on any atom is -0.433 e. The fourth-order valence-corrected chi connectivity index (χ4v) is 5.52. The molecule has 1 heterocycles. The lowest BCUT2D eigenvalue weighted by molar-refractivity contribution is -0.159. The topological polar surface area (TPSA) is 22.1 Å². The van der Waals surface area contributed by atoms with E-state index in [4.69, 9.17) is 58.0 Å². The van der Waals surface area contributed by atoms with E-state index in [9.17, 15) is 22.0 Å². The molecule has 0 saturated heterocycles. The van der Waals surface area contributed by atoms with Crippen molar-refractivity contribution in [3.63, 3.8) is 0 Å². The molecule has 2 nitrogen and oxygen atoms in total. The first-order chi connectivity index (χ1) is 31.5. The number of para-hydroxylation sites is 1. The van der Waals surface area contributed by atoms with Crippen LogP contribution in [-0.4, -0.2) is 17.0 Å². The third kappa shape index (κ3) is 30.0. The van der Waals surface area contributed by atoms with Crippen LogP contribution in [0.1, 0.15) is 76.4 Å². The number of ether oxygens (including phenoxy) is 1. The van der Waals surface area contributed by atoms with Crippen LogP contribution >= 0.6 is 58.0 Å². The molecule has 0 amide bonds. The number of rotatable bonds is 2. The van der Waals surface area contributed by atoms with Crippen LogP contribution in [0.5, 0.6) is 5.75 Å². The van der Waals surface area contributed by atoms with Crippen LogP contribution in [0.25, 0.3) is 0 Å². The van der Waals surface area contributed by atoms with Gasteiger partial charge in [-0.1, -0.05) is 167 Å². The summed E-state index contributed by atoms with van der Waals surface area (Å²) in [5, 5.41) is 3.52. The zero-order valence-electron chi connectivity index (χ0n) is 41.0. The quantitative estimate of drug-likeness (QED) is 0.161. The second-order valence-corrected chi connectivity index (χ2v) is 17.7. The summed E-state index contributed by atoms with van der Waals surface area (Å²) in [6.07, 6.45) is 0.0393. The molecule has 0 aliphatic heterocycles. The third-order valence-corrected chi connectivity index (χ3v) is 11.1. The van der Waals surface area contributed by atoms with Crippen molar-refractivity contribution in [3.05, 3.63) is 232 Å². The molecule has 0 atom stereocenters. The zero-order valence-corrected chi connectivity index (χ0v) is 44.8. The van der Waals surface area contributed by atoms with Crippen LogP contribution in [0.4, 0.5) is 22.0 Å². The van der Waals surface area contributed by atoms with E-state index in [2.05, 4.69) is 67.7 Å². The van der Waals surface area contributed by atoms with E-state index in [0.29, 0.717) is 15.6 Å². The molecular formula is C56H63Cl5F5NO. The summed E-state index contributed by atoms with van der Waals surface area (Å²) in [6.45, 7) is 22.1. The minimum atomic E-state index is -3.11. The number of hydrogen-bond acceptors (Lipinski definition) is 2. The first-order valence-electron chi connectivity index (χ1n) is 21.2. The van der Waals surface area contributed by atoms with Gasteiger partial charge >= 0.3 is 6.11 Å². The van der Waals surface area contributed by atoms with Crippen LogP contribution in [0.3, 0.4) is 0 Å². The Bertz CT molecular complexity index is 2200. The third-order valence-electron chi connectivity index (χ3n) is 9.11. The molecule has 368 valence electrons. The van der Waals surface area contributed by atoms with Crippen LogP contribution in [0.15, 0.2) is 146 Å². The van der Waals surface area contributed by atoms with Crippen molar-refractivity contribution in [1.29, 1.82) is 0 Å². The molecule has 0 unspecified atom stereocenters. The monoisotopic (exact) mass is 1040 g/mol. The van der Waals surface area contributed by atoms with Gasteiger partial charge in [0, 0.05) is 34.4 Å². The van der Waals surface area contributed by atoms with Gasteiger partial charge in [-0.05, 0) is 163 Å². The van der Waals surface area contributed by atoms with Gasteiger partial charge < -0.3 is 4.74 Å². The molecule has 1 aromatic heterocycles. The van der Waals surface area contributed by atoms with Crippen molar-refractivity contribution in [3.8, 4) is 5.75 Å². The Morgan fingerprint density at radius 1 is 0.382 bits per heavy atom. The Hall–Kier alpha value is -4.63. The number of pyridine rings is 1. The summed E-state index contributed by atoms with van der Waals surface area (Å²) in [4.78, 5) is 3.78. The standard InChI is InChI=1S/C9H10F2O.C9H12.C8H9F.C7H6Cl2.C7H7Cl.C7H8.C6H5Cl2N.C3H6F2/c1-7-5-3-4-6-8(7)12-9(2,10)11;1-7-5-4-6-8(2)9(7)3;1-6-4-3-5-8(9)7(6)2;1-5-6(8)3-2-4-7(5)9;1-6-4-2-3-5-7(6)8;1-7-5-3-2-4-6-7;1-4-5(7)2-9-3-6(4)8;1-3(2,4)5/h3-6H,1-2H3;4-6H,1-3H3;3-5H,1-2H3;2-4H,1H3;2-5H,1H3;2-6H,1H3;2-3H,1H3;1-2H3. The Balaban J connectivity index is 0.000000761. The molecule has 12 heteroatoms. The highest BCUT2D eigenvalue weighted by Gasteiger charge is 2.23. The van der Waals surface area contributed by atoms with Gasteiger partial charge in [-0.15, -0.1) is 0 Å². The molecular weight excluding hydrogens is 975 g/mol. The number of alkyl halides is 4. The molecule has 0 fully saturated rings. The molecule has 68 heavy (non-hydrogen) atoms.